The third-order valence-electron chi connectivity index (χ3n) is 9.27. The highest BCUT2D eigenvalue weighted by atomic mass is 31.2. The van der Waals surface area contributed by atoms with Crippen molar-refractivity contribution in [3.8, 4) is 0 Å². The molecule has 0 bridgehead atoms. The molecule has 0 heterocycles. The third-order valence-corrected chi connectivity index (χ3v) is 21.9. The van der Waals surface area contributed by atoms with Crippen molar-refractivity contribution < 1.29 is 4.57 Å². The van der Waals surface area contributed by atoms with Crippen molar-refractivity contribution in [1.82, 2.24) is 0 Å². The lowest BCUT2D eigenvalue weighted by Crippen LogP contribution is -2.59. The first-order valence-electron chi connectivity index (χ1n) is 15.7. The topological polar surface area (TPSA) is 17.1 Å². The molecule has 0 aliphatic heterocycles. The van der Waals surface area contributed by atoms with Crippen LogP contribution >= 0.6 is 14.0 Å². The average Bonchev–Trinajstić information content (AvgIpc) is 3.14. The number of rotatable bonds is 12. The zero-order valence-electron chi connectivity index (χ0n) is 25.7. The molecule has 6 aromatic carbocycles. The van der Waals surface area contributed by atoms with Crippen LogP contribution in [0.4, 0.5) is 0 Å². The van der Waals surface area contributed by atoms with Gasteiger partial charge in [-0.1, -0.05) is 206 Å². The normalized spacial score (nSPS) is 12.1. The molecule has 0 aromatic heterocycles. The minimum Gasteiger partial charge on any atom is -0.314 e. The van der Waals surface area contributed by atoms with Crippen LogP contribution in [0.2, 0.25) is 12.1 Å². The molecule has 0 atom stereocenters. The molecule has 45 heavy (non-hydrogen) atoms. The predicted molar refractivity (Wildman–Crippen MR) is 203 cm³/mol. The first-order chi connectivity index (χ1) is 22.0. The van der Waals surface area contributed by atoms with Crippen molar-refractivity contribution in [3.63, 3.8) is 0 Å². The van der Waals surface area contributed by atoms with E-state index in [0.717, 1.165) is 28.9 Å². The quantitative estimate of drug-likeness (QED) is 0.101. The highest BCUT2D eigenvalue weighted by Crippen LogP contribution is 2.48. The Bertz CT molecular complexity index is 1650. The summed E-state index contributed by atoms with van der Waals surface area (Å²) in [6.07, 6.45) is 6.69. The van der Waals surface area contributed by atoms with Crippen LogP contribution in [-0.2, 0) is 4.57 Å². The SMILES string of the molecule is C=P(CC[Si](CCP(=O)(c1ccccc1)c1ccccc1)(c1ccccc1)c1ccccc1)(c1ccccc1)c1ccccc1. The Morgan fingerprint density at radius 3 is 1.04 bits per heavy atom. The van der Waals surface area contributed by atoms with Gasteiger partial charge in [0.1, 0.15) is 15.2 Å². The number of hydrogen-bond acceptors (Lipinski definition) is 1. The Morgan fingerprint density at radius 2 is 0.689 bits per heavy atom. The van der Waals surface area contributed by atoms with Gasteiger partial charge < -0.3 is 4.57 Å². The van der Waals surface area contributed by atoms with Crippen molar-refractivity contribution in [3.05, 3.63) is 182 Å². The molecule has 0 saturated carbocycles. The lowest BCUT2D eigenvalue weighted by molar-refractivity contribution is 0.587. The first kappa shape index (κ1) is 31.1. The van der Waals surface area contributed by atoms with E-state index < -0.39 is 22.1 Å². The maximum Gasteiger partial charge on any atom is 0.143 e. The van der Waals surface area contributed by atoms with Gasteiger partial charge in [-0.05, 0) is 28.9 Å². The van der Waals surface area contributed by atoms with Crippen LogP contribution in [-0.4, -0.2) is 26.7 Å². The fourth-order valence-corrected chi connectivity index (χ4v) is 20.4. The lowest BCUT2D eigenvalue weighted by Gasteiger charge is -2.37. The van der Waals surface area contributed by atoms with E-state index in [2.05, 4.69) is 146 Å². The molecule has 0 N–H and O–H groups in total. The van der Waals surface area contributed by atoms with E-state index in [0.29, 0.717) is 6.16 Å². The van der Waals surface area contributed by atoms with Gasteiger partial charge >= 0.3 is 0 Å². The molecule has 224 valence electrons. The molecular weight excluding hydrogens is 598 g/mol. The summed E-state index contributed by atoms with van der Waals surface area (Å²) in [6, 6.07) is 66.3. The second-order valence-electron chi connectivity index (χ2n) is 11.8. The fraction of sp³-hybridized carbons (Fsp3) is 0.0976. The minimum atomic E-state index is -2.91. The van der Waals surface area contributed by atoms with Crippen LogP contribution in [0, 0.1) is 0 Å². The van der Waals surface area contributed by atoms with E-state index in [4.69, 9.17) is 6.30 Å². The van der Waals surface area contributed by atoms with E-state index in [-0.39, 0.29) is 0 Å². The van der Waals surface area contributed by atoms with Gasteiger partial charge in [-0.15, -0.1) is 0 Å². The van der Waals surface area contributed by atoms with Crippen molar-refractivity contribution in [2.45, 2.75) is 12.1 Å². The van der Waals surface area contributed by atoms with E-state index in [1.807, 2.05) is 36.4 Å². The smallest absolute Gasteiger partial charge is 0.143 e. The van der Waals surface area contributed by atoms with Crippen LogP contribution < -0.4 is 31.6 Å². The summed E-state index contributed by atoms with van der Waals surface area (Å²) in [5.41, 5.74) is 0. The maximum atomic E-state index is 15.4. The highest BCUT2D eigenvalue weighted by molar-refractivity contribution is 7.87. The monoisotopic (exact) mass is 638 g/mol. The Hall–Kier alpha value is -3.93. The van der Waals surface area contributed by atoms with Crippen LogP contribution in [0.5, 0.6) is 0 Å². The summed E-state index contributed by atoms with van der Waals surface area (Å²) in [5.74, 6) is 0. The van der Waals surface area contributed by atoms with Crippen LogP contribution in [0.15, 0.2) is 182 Å². The van der Waals surface area contributed by atoms with Crippen LogP contribution in [0.1, 0.15) is 0 Å². The molecule has 0 fully saturated rings. The Kier molecular flexibility index (Phi) is 9.67. The van der Waals surface area contributed by atoms with E-state index in [9.17, 15) is 0 Å². The fourth-order valence-electron chi connectivity index (χ4n) is 6.69. The van der Waals surface area contributed by atoms with Crippen LogP contribution in [0.25, 0.3) is 0 Å². The molecule has 0 unspecified atom stereocenters. The number of benzene rings is 6. The molecule has 0 saturated heterocycles. The summed E-state index contributed by atoms with van der Waals surface area (Å²) in [7, 11) is -5.40. The summed E-state index contributed by atoms with van der Waals surface area (Å²) in [5, 5.41) is 7.34. The van der Waals surface area contributed by atoms with Gasteiger partial charge in [0.15, 0.2) is 0 Å². The highest BCUT2D eigenvalue weighted by Gasteiger charge is 2.41. The molecule has 0 amide bonds. The number of hydrogen-bond donors (Lipinski definition) is 0. The Morgan fingerprint density at radius 1 is 0.400 bits per heavy atom. The molecule has 1 nitrogen and oxygen atoms in total. The van der Waals surface area contributed by atoms with Crippen molar-refractivity contribution in [2.24, 2.45) is 0 Å². The van der Waals surface area contributed by atoms with E-state index in [1.165, 1.54) is 21.0 Å². The zero-order chi connectivity index (χ0) is 31.0. The lowest BCUT2D eigenvalue weighted by atomic mass is 10.4. The molecular formula is C41H40OP2Si. The van der Waals surface area contributed by atoms with Crippen molar-refractivity contribution >= 4 is 60.0 Å². The van der Waals surface area contributed by atoms with E-state index in [1.54, 1.807) is 0 Å². The van der Waals surface area contributed by atoms with Gasteiger partial charge in [0.25, 0.3) is 0 Å². The Balaban J connectivity index is 1.49. The van der Waals surface area contributed by atoms with Gasteiger partial charge in [0.2, 0.25) is 0 Å². The van der Waals surface area contributed by atoms with Gasteiger partial charge in [-0.2, -0.15) is 0 Å². The minimum absolute atomic E-state index is 0.621. The standard InChI is InChI=1S/C41H40OP2Si/c1-43(36-20-8-2-9-21-36,37-22-10-3-11-23-37)32-34-45(40-28-16-6-17-29-40,41-30-18-7-19-31-41)35-33-44(42,38-24-12-4-13-25-38)39-26-14-5-15-27-39/h2-31H,1,32-35H2. The van der Waals surface area contributed by atoms with E-state index >= 15 is 4.57 Å². The largest absolute Gasteiger partial charge is 0.314 e. The average molecular weight is 639 g/mol. The summed E-state index contributed by atoms with van der Waals surface area (Å²) in [6.45, 7) is -1.98. The first-order valence-corrected chi connectivity index (χ1v) is 22.2. The molecule has 0 aliphatic carbocycles. The van der Waals surface area contributed by atoms with Crippen molar-refractivity contribution in [2.75, 3.05) is 12.3 Å². The molecule has 4 heteroatoms. The van der Waals surface area contributed by atoms with Gasteiger partial charge in [0, 0.05) is 16.8 Å². The summed E-state index contributed by atoms with van der Waals surface area (Å²) >= 11 is 0. The second-order valence-corrected chi connectivity index (χ2v) is 22.5. The Labute approximate surface area is 270 Å². The van der Waals surface area contributed by atoms with Crippen LogP contribution in [0.3, 0.4) is 0 Å². The zero-order valence-corrected chi connectivity index (χ0v) is 28.4. The second kappa shape index (κ2) is 14.0. The van der Waals surface area contributed by atoms with Gasteiger partial charge in [0.05, 0.1) is 0 Å². The molecule has 0 spiro atoms. The summed E-state index contributed by atoms with van der Waals surface area (Å²) < 4.78 is 15.4. The van der Waals surface area contributed by atoms with Gasteiger partial charge in [-0.3, -0.25) is 0 Å². The molecule has 6 rings (SSSR count). The molecule has 0 aliphatic rings. The third kappa shape index (κ3) is 6.56. The predicted octanol–water partition coefficient (Wildman–Crippen LogP) is 7.36. The molecule has 6 aromatic rings. The van der Waals surface area contributed by atoms with Gasteiger partial charge in [-0.25, -0.2) is 0 Å². The maximum absolute atomic E-state index is 15.4. The summed E-state index contributed by atoms with van der Waals surface area (Å²) in [4.78, 5) is 0. The molecule has 0 radical (unpaired) electrons. The van der Waals surface area contributed by atoms with Crippen molar-refractivity contribution in [1.29, 1.82) is 0 Å².